The van der Waals surface area contributed by atoms with Gasteiger partial charge in [-0.2, -0.15) is 5.10 Å². The monoisotopic (exact) mass is 338 g/mol. The van der Waals surface area contributed by atoms with Crippen LogP contribution >= 0.6 is 0 Å². The number of nitrogens with two attached hydrogens (primary N) is 1. The average Bonchev–Trinajstić information content (AvgIpc) is 3.06. The number of amides is 1. The molecule has 2 aromatic heterocycles. The van der Waals surface area contributed by atoms with Crippen molar-refractivity contribution in [3.8, 4) is 0 Å². The molecule has 128 valence electrons. The zero-order chi connectivity index (χ0) is 17.4. The smallest absolute Gasteiger partial charge is 0.272 e. The van der Waals surface area contributed by atoms with Crippen molar-refractivity contribution in [3.05, 3.63) is 57.9 Å². The molecule has 0 radical (unpaired) electrons. The van der Waals surface area contributed by atoms with Crippen LogP contribution in [0.5, 0.6) is 0 Å². The first-order valence-electron chi connectivity index (χ1n) is 8.21. The van der Waals surface area contributed by atoms with Crippen molar-refractivity contribution >= 4 is 16.8 Å². The summed E-state index contributed by atoms with van der Waals surface area (Å²) < 4.78 is 1.79. The van der Waals surface area contributed by atoms with Crippen LogP contribution in [0.3, 0.4) is 0 Å². The first kappa shape index (κ1) is 15.5. The third kappa shape index (κ3) is 2.91. The first-order chi connectivity index (χ1) is 12.1. The van der Waals surface area contributed by atoms with Gasteiger partial charge in [0.15, 0.2) is 5.69 Å². The second-order valence-corrected chi connectivity index (χ2v) is 6.14. The molecule has 1 aliphatic rings. The van der Waals surface area contributed by atoms with Crippen LogP contribution in [0.15, 0.2) is 35.1 Å². The Morgan fingerprint density at radius 1 is 1.40 bits per heavy atom. The fourth-order valence-corrected chi connectivity index (χ4v) is 3.10. The number of H-pyrrole nitrogens is 1. The van der Waals surface area contributed by atoms with Gasteiger partial charge >= 0.3 is 0 Å². The number of carbonyl (C=O) groups is 1. The Bertz CT molecular complexity index is 1010. The van der Waals surface area contributed by atoms with Gasteiger partial charge in [-0.3, -0.25) is 14.3 Å². The lowest BCUT2D eigenvalue weighted by Crippen LogP contribution is -2.26. The van der Waals surface area contributed by atoms with Gasteiger partial charge in [0.2, 0.25) is 0 Å². The van der Waals surface area contributed by atoms with E-state index in [1.54, 1.807) is 28.9 Å². The van der Waals surface area contributed by atoms with Gasteiger partial charge in [-0.1, -0.05) is 12.1 Å². The molecule has 1 atom stereocenters. The molecule has 1 amide bonds. The summed E-state index contributed by atoms with van der Waals surface area (Å²) in [5.74, 6) is 0.0858. The molecule has 4 rings (SSSR count). The lowest BCUT2D eigenvalue weighted by atomic mass is 10.1. The molecule has 4 N–H and O–H groups in total. The van der Waals surface area contributed by atoms with E-state index in [1.165, 1.54) is 0 Å². The number of rotatable bonds is 3. The molecule has 0 spiro atoms. The number of nitrogens with zero attached hydrogens (tertiary/aromatic N) is 3. The summed E-state index contributed by atoms with van der Waals surface area (Å²) in [5.41, 5.74) is 7.64. The van der Waals surface area contributed by atoms with Gasteiger partial charge in [0.25, 0.3) is 11.5 Å². The van der Waals surface area contributed by atoms with E-state index in [4.69, 9.17) is 5.73 Å². The quantitative estimate of drug-likeness (QED) is 0.654. The highest BCUT2D eigenvalue weighted by atomic mass is 16.2. The van der Waals surface area contributed by atoms with Gasteiger partial charge in [-0.25, -0.2) is 4.98 Å². The van der Waals surface area contributed by atoms with E-state index >= 15 is 0 Å². The maximum Gasteiger partial charge on any atom is 0.272 e. The van der Waals surface area contributed by atoms with Crippen LogP contribution in [0.4, 0.5) is 0 Å². The number of hydrogen-bond donors (Lipinski definition) is 3. The zero-order valence-corrected chi connectivity index (χ0v) is 13.5. The minimum Gasteiger partial charge on any atom is -0.343 e. The largest absolute Gasteiger partial charge is 0.343 e. The minimum absolute atomic E-state index is 0.0821. The number of fused-ring (bicyclic) bond motifs is 2. The van der Waals surface area contributed by atoms with Crippen LogP contribution in [0.2, 0.25) is 0 Å². The SMILES string of the molecule is NC1CCCn2nc(C(=O)NCc3nc4ccccc4c(=O)[nH]3)cc21. The van der Waals surface area contributed by atoms with E-state index in [0.29, 0.717) is 22.4 Å². The maximum atomic E-state index is 12.3. The normalized spacial score (nSPS) is 16.6. The van der Waals surface area contributed by atoms with Crippen LogP contribution in [0.1, 0.15) is 40.9 Å². The second-order valence-electron chi connectivity index (χ2n) is 6.14. The van der Waals surface area contributed by atoms with Crippen LogP contribution in [0.25, 0.3) is 10.9 Å². The van der Waals surface area contributed by atoms with Gasteiger partial charge in [-0.15, -0.1) is 0 Å². The molecule has 3 heterocycles. The van der Waals surface area contributed by atoms with Crippen molar-refractivity contribution in [1.29, 1.82) is 0 Å². The van der Waals surface area contributed by atoms with Gasteiger partial charge in [0.05, 0.1) is 23.1 Å². The first-order valence-corrected chi connectivity index (χ1v) is 8.21. The van der Waals surface area contributed by atoms with E-state index in [9.17, 15) is 9.59 Å². The van der Waals surface area contributed by atoms with Crippen molar-refractivity contribution in [1.82, 2.24) is 25.1 Å². The van der Waals surface area contributed by atoms with Gasteiger partial charge < -0.3 is 16.0 Å². The Morgan fingerprint density at radius 2 is 2.24 bits per heavy atom. The topological polar surface area (TPSA) is 119 Å². The molecule has 8 nitrogen and oxygen atoms in total. The fourth-order valence-electron chi connectivity index (χ4n) is 3.10. The summed E-state index contributed by atoms with van der Waals surface area (Å²) in [7, 11) is 0. The van der Waals surface area contributed by atoms with Crippen LogP contribution < -0.4 is 16.6 Å². The third-order valence-electron chi connectivity index (χ3n) is 4.39. The summed E-state index contributed by atoms with van der Waals surface area (Å²) in [6.45, 7) is 0.892. The number of aryl methyl sites for hydroxylation is 1. The highest BCUT2D eigenvalue weighted by Crippen LogP contribution is 2.22. The molecular formula is C17H18N6O2. The van der Waals surface area contributed by atoms with Crippen molar-refractivity contribution in [2.45, 2.75) is 32.0 Å². The maximum absolute atomic E-state index is 12.3. The van der Waals surface area contributed by atoms with Gasteiger partial charge in [0.1, 0.15) is 5.82 Å². The van der Waals surface area contributed by atoms with Crippen LogP contribution in [-0.4, -0.2) is 25.7 Å². The number of nitrogens with one attached hydrogen (secondary N) is 2. The summed E-state index contributed by atoms with van der Waals surface area (Å²) >= 11 is 0. The highest BCUT2D eigenvalue weighted by molar-refractivity contribution is 5.92. The van der Waals surface area contributed by atoms with E-state index in [2.05, 4.69) is 20.4 Å². The summed E-state index contributed by atoms with van der Waals surface area (Å²) in [6.07, 6.45) is 1.86. The number of aromatic amines is 1. The number of para-hydroxylation sites is 1. The molecule has 0 fully saturated rings. The summed E-state index contributed by atoms with van der Waals surface area (Å²) in [4.78, 5) is 31.4. The molecule has 0 saturated heterocycles. The standard InChI is InChI=1S/C17H18N6O2/c18-11-5-3-7-23-14(11)8-13(22-23)17(25)19-9-15-20-12-6-2-1-4-10(12)16(24)21-15/h1-2,4,6,8,11H,3,5,7,9,18H2,(H,19,25)(H,20,21,24). The predicted molar refractivity (Wildman–Crippen MR) is 91.9 cm³/mol. The Balaban J connectivity index is 1.52. The highest BCUT2D eigenvalue weighted by Gasteiger charge is 2.21. The number of benzene rings is 1. The Kier molecular flexibility index (Phi) is 3.81. The summed E-state index contributed by atoms with van der Waals surface area (Å²) in [6, 6.07) is 8.72. The Hall–Kier alpha value is -3.00. The zero-order valence-electron chi connectivity index (χ0n) is 13.5. The predicted octanol–water partition coefficient (Wildman–Crippen LogP) is 0.843. The molecule has 0 saturated carbocycles. The minimum atomic E-state index is -0.315. The molecule has 3 aromatic rings. The lowest BCUT2D eigenvalue weighted by molar-refractivity contribution is 0.0944. The van der Waals surface area contributed by atoms with Crippen molar-refractivity contribution < 1.29 is 4.79 Å². The molecule has 8 heteroatoms. The van der Waals surface area contributed by atoms with Crippen molar-refractivity contribution in [2.24, 2.45) is 5.73 Å². The van der Waals surface area contributed by atoms with E-state index in [0.717, 1.165) is 25.1 Å². The Morgan fingerprint density at radius 3 is 3.08 bits per heavy atom. The third-order valence-corrected chi connectivity index (χ3v) is 4.39. The molecule has 25 heavy (non-hydrogen) atoms. The van der Waals surface area contributed by atoms with E-state index in [1.807, 2.05) is 6.07 Å². The van der Waals surface area contributed by atoms with Crippen LogP contribution in [0, 0.1) is 0 Å². The number of aromatic nitrogens is 4. The molecule has 0 aliphatic carbocycles. The van der Waals surface area contributed by atoms with Gasteiger partial charge in [0, 0.05) is 12.6 Å². The van der Waals surface area contributed by atoms with Crippen molar-refractivity contribution in [2.75, 3.05) is 0 Å². The second kappa shape index (κ2) is 6.14. The molecular weight excluding hydrogens is 320 g/mol. The van der Waals surface area contributed by atoms with Gasteiger partial charge in [-0.05, 0) is 31.0 Å². The van der Waals surface area contributed by atoms with Crippen LogP contribution in [-0.2, 0) is 13.1 Å². The van der Waals surface area contributed by atoms with Crippen molar-refractivity contribution in [3.63, 3.8) is 0 Å². The Labute approximate surface area is 143 Å². The molecule has 1 aromatic carbocycles. The molecule has 0 bridgehead atoms. The lowest BCUT2D eigenvalue weighted by Gasteiger charge is -2.19. The number of hydrogen-bond acceptors (Lipinski definition) is 5. The average molecular weight is 338 g/mol. The number of carbonyl (C=O) groups excluding carboxylic acids is 1. The van der Waals surface area contributed by atoms with E-state index in [-0.39, 0.29) is 24.1 Å². The van der Waals surface area contributed by atoms with E-state index < -0.39 is 0 Å². The molecule has 1 aliphatic heterocycles. The summed E-state index contributed by atoms with van der Waals surface area (Å²) in [5, 5.41) is 7.58. The molecule has 1 unspecified atom stereocenters. The fraction of sp³-hybridized carbons (Fsp3) is 0.294.